The lowest BCUT2D eigenvalue weighted by Gasteiger charge is -2.23. The Morgan fingerprint density at radius 1 is 0.906 bits per heavy atom. The molecule has 5 nitrogen and oxygen atoms in total. The number of fused-ring (bicyclic) bond motifs is 1. The van der Waals surface area contributed by atoms with Gasteiger partial charge in [-0.25, -0.2) is 4.68 Å². The molecule has 2 aliphatic carbocycles. The van der Waals surface area contributed by atoms with Crippen molar-refractivity contribution in [1.29, 1.82) is 10.5 Å². The molecule has 0 fully saturated rings. The number of aromatic nitrogens is 3. The summed E-state index contributed by atoms with van der Waals surface area (Å²) in [7, 11) is 0. The highest BCUT2D eigenvalue weighted by Crippen LogP contribution is 2.51. The summed E-state index contributed by atoms with van der Waals surface area (Å²) in [6.45, 7) is 2.05. The molecule has 2 aromatic carbocycles. The van der Waals surface area contributed by atoms with Crippen LogP contribution in [0.1, 0.15) is 11.1 Å². The van der Waals surface area contributed by atoms with Crippen LogP contribution in [0.5, 0.6) is 0 Å². The zero-order valence-corrected chi connectivity index (χ0v) is 17.5. The summed E-state index contributed by atoms with van der Waals surface area (Å²) in [5, 5.41) is 28.6. The van der Waals surface area contributed by atoms with E-state index in [0.717, 1.165) is 33.7 Å². The number of aryl methyl sites for hydroxylation is 1. The van der Waals surface area contributed by atoms with E-state index in [1.54, 1.807) is 4.68 Å². The standard InChI is InChI=1S/C27H19N5/c1-19-7-13-23(14-8-19)32-16-26(30-31-32)21-11-9-20(10-12-21)25-15-22-5-3-2-4-6-24(22)27(25,17-28)18-29/h2-16,24H,1H3. The van der Waals surface area contributed by atoms with Crippen LogP contribution in [-0.2, 0) is 0 Å². The largest absolute Gasteiger partial charge is 0.220 e. The maximum atomic E-state index is 10.0. The summed E-state index contributed by atoms with van der Waals surface area (Å²) < 4.78 is 1.75. The fourth-order valence-electron chi connectivity index (χ4n) is 4.24. The molecule has 32 heavy (non-hydrogen) atoms. The maximum absolute atomic E-state index is 10.0. The molecule has 152 valence electrons. The molecule has 1 aromatic heterocycles. The molecule has 1 heterocycles. The molecule has 0 spiro atoms. The van der Waals surface area contributed by atoms with E-state index >= 15 is 0 Å². The van der Waals surface area contributed by atoms with Crippen LogP contribution in [0.2, 0.25) is 0 Å². The van der Waals surface area contributed by atoms with Crippen molar-refractivity contribution in [2.24, 2.45) is 11.3 Å². The number of rotatable bonds is 3. The van der Waals surface area contributed by atoms with Gasteiger partial charge in [-0.1, -0.05) is 83.6 Å². The minimum atomic E-state index is -1.25. The van der Waals surface area contributed by atoms with Gasteiger partial charge in [0.1, 0.15) is 5.69 Å². The van der Waals surface area contributed by atoms with Gasteiger partial charge in [0, 0.05) is 11.5 Å². The van der Waals surface area contributed by atoms with Gasteiger partial charge >= 0.3 is 0 Å². The Kier molecular flexibility index (Phi) is 4.66. The Labute approximate surface area is 186 Å². The second-order valence-corrected chi connectivity index (χ2v) is 7.97. The van der Waals surface area contributed by atoms with E-state index in [9.17, 15) is 10.5 Å². The lowest BCUT2D eigenvalue weighted by Crippen LogP contribution is -2.24. The van der Waals surface area contributed by atoms with Crippen molar-refractivity contribution in [1.82, 2.24) is 15.0 Å². The van der Waals surface area contributed by atoms with Crippen LogP contribution in [-0.4, -0.2) is 15.0 Å². The quantitative estimate of drug-likeness (QED) is 0.580. The molecule has 2 aliphatic rings. The third-order valence-corrected chi connectivity index (χ3v) is 6.01. The Hall–Kier alpha value is -4.48. The molecular formula is C27H19N5. The summed E-state index contributed by atoms with van der Waals surface area (Å²) in [5.74, 6) is -0.281. The number of hydrogen-bond donors (Lipinski definition) is 0. The molecule has 5 rings (SSSR count). The van der Waals surface area contributed by atoms with Gasteiger partial charge in [-0.2, -0.15) is 10.5 Å². The predicted octanol–water partition coefficient (Wildman–Crippen LogP) is 5.34. The molecule has 0 saturated heterocycles. The van der Waals surface area contributed by atoms with E-state index in [-0.39, 0.29) is 5.92 Å². The number of benzene rings is 2. The molecule has 0 bridgehead atoms. The Morgan fingerprint density at radius 3 is 2.34 bits per heavy atom. The third kappa shape index (κ3) is 3.09. The van der Waals surface area contributed by atoms with E-state index in [1.165, 1.54) is 5.56 Å². The summed E-state index contributed by atoms with van der Waals surface area (Å²) in [5.41, 5.74) is 5.12. The zero-order chi connectivity index (χ0) is 22.1. The third-order valence-electron chi connectivity index (χ3n) is 6.01. The van der Waals surface area contributed by atoms with Gasteiger partial charge in [0.15, 0.2) is 5.41 Å². The molecule has 1 atom stereocenters. The minimum absolute atomic E-state index is 0.281. The topological polar surface area (TPSA) is 78.3 Å². The Bertz CT molecular complexity index is 1370. The molecule has 0 amide bonds. The van der Waals surface area contributed by atoms with E-state index in [1.807, 2.05) is 98.1 Å². The first-order chi connectivity index (χ1) is 15.6. The van der Waals surface area contributed by atoms with Gasteiger partial charge in [0.2, 0.25) is 0 Å². The van der Waals surface area contributed by atoms with Crippen LogP contribution in [0.15, 0.2) is 96.8 Å². The first kappa shape index (κ1) is 19.5. The summed E-state index contributed by atoms with van der Waals surface area (Å²) in [6, 6.07) is 20.5. The zero-order valence-electron chi connectivity index (χ0n) is 17.5. The SMILES string of the molecule is Cc1ccc(-n2cc(-c3ccc(C4=CC5=CC=CC=CC5C4(C#N)C#N)cc3)nn2)cc1. The Morgan fingerprint density at radius 2 is 1.62 bits per heavy atom. The van der Waals surface area contributed by atoms with E-state index in [4.69, 9.17) is 0 Å². The highest BCUT2D eigenvalue weighted by Gasteiger charge is 2.48. The van der Waals surface area contributed by atoms with Crippen molar-refractivity contribution < 1.29 is 0 Å². The van der Waals surface area contributed by atoms with Crippen LogP contribution in [0.25, 0.3) is 22.5 Å². The van der Waals surface area contributed by atoms with Crippen molar-refractivity contribution in [3.05, 3.63) is 108 Å². The smallest absolute Gasteiger partial charge is 0.179 e. The van der Waals surface area contributed by atoms with Gasteiger partial charge in [-0.05, 0) is 35.8 Å². The number of hydrogen-bond acceptors (Lipinski definition) is 4. The van der Waals surface area contributed by atoms with E-state index in [2.05, 4.69) is 22.5 Å². The first-order valence-electron chi connectivity index (χ1n) is 10.3. The number of nitrogens with zero attached hydrogens (tertiary/aromatic N) is 5. The fourth-order valence-corrected chi connectivity index (χ4v) is 4.24. The second-order valence-electron chi connectivity index (χ2n) is 7.97. The monoisotopic (exact) mass is 413 g/mol. The minimum Gasteiger partial charge on any atom is -0.220 e. The number of nitriles is 2. The average molecular weight is 413 g/mol. The lowest BCUT2D eigenvalue weighted by atomic mass is 9.73. The van der Waals surface area contributed by atoms with Gasteiger partial charge in [-0.15, -0.1) is 5.10 Å². The lowest BCUT2D eigenvalue weighted by molar-refractivity contribution is 0.578. The van der Waals surface area contributed by atoms with Crippen LogP contribution in [0, 0.1) is 40.9 Å². The summed E-state index contributed by atoms with van der Waals surface area (Å²) in [4.78, 5) is 0. The molecular weight excluding hydrogens is 394 g/mol. The molecule has 0 aliphatic heterocycles. The molecule has 1 unspecified atom stereocenters. The van der Waals surface area contributed by atoms with Crippen molar-refractivity contribution in [2.45, 2.75) is 6.92 Å². The second kappa shape index (κ2) is 7.65. The van der Waals surface area contributed by atoms with Crippen molar-refractivity contribution in [3.63, 3.8) is 0 Å². The van der Waals surface area contributed by atoms with Crippen molar-refractivity contribution in [3.8, 4) is 29.1 Å². The predicted molar refractivity (Wildman–Crippen MR) is 123 cm³/mol. The fraction of sp³-hybridized carbons (Fsp3) is 0.111. The van der Waals surface area contributed by atoms with Gasteiger partial charge in [-0.3, -0.25) is 0 Å². The molecule has 0 saturated carbocycles. The van der Waals surface area contributed by atoms with Gasteiger partial charge < -0.3 is 0 Å². The number of allylic oxidation sites excluding steroid dienone is 8. The van der Waals surface area contributed by atoms with E-state index < -0.39 is 5.41 Å². The van der Waals surface area contributed by atoms with Gasteiger partial charge in [0.25, 0.3) is 0 Å². The normalized spacial score (nSPS) is 18.2. The van der Waals surface area contributed by atoms with Crippen molar-refractivity contribution in [2.75, 3.05) is 0 Å². The van der Waals surface area contributed by atoms with Crippen LogP contribution in [0.4, 0.5) is 0 Å². The molecule has 0 radical (unpaired) electrons. The van der Waals surface area contributed by atoms with Crippen LogP contribution >= 0.6 is 0 Å². The first-order valence-corrected chi connectivity index (χ1v) is 10.3. The summed E-state index contributed by atoms with van der Waals surface area (Å²) in [6.07, 6.45) is 13.5. The average Bonchev–Trinajstić information content (AvgIpc) is 3.36. The van der Waals surface area contributed by atoms with Crippen molar-refractivity contribution >= 4 is 5.57 Å². The highest BCUT2D eigenvalue weighted by atomic mass is 15.4. The summed E-state index contributed by atoms with van der Waals surface area (Å²) >= 11 is 0. The van der Waals surface area contributed by atoms with Crippen LogP contribution in [0.3, 0.4) is 0 Å². The maximum Gasteiger partial charge on any atom is 0.179 e. The molecule has 5 heteroatoms. The highest BCUT2D eigenvalue weighted by molar-refractivity contribution is 5.84. The Balaban J connectivity index is 1.48. The van der Waals surface area contributed by atoms with Gasteiger partial charge in [0.05, 0.1) is 24.0 Å². The van der Waals surface area contributed by atoms with Crippen LogP contribution < -0.4 is 0 Å². The molecule has 0 N–H and O–H groups in total. The van der Waals surface area contributed by atoms with E-state index in [0.29, 0.717) is 0 Å². The molecule has 3 aromatic rings.